The van der Waals surface area contributed by atoms with Crippen LogP contribution in [0.25, 0.3) is 0 Å². The highest BCUT2D eigenvalue weighted by Gasteiger charge is 2.16. The zero-order chi connectivity index (χ0) is 17.5. The second-order valence-corrected chi connectivity index (χ2v) is 6.06. The fourth-order valence-electron chi connectivity index (χ4n) is 2.09. The van der Waals surface area contributed by atoms with E-state index in [1.165, 1.54) is 0 Å². The second kappa shape index (κ2) is 8.72. The van der Waals surface area contributed by atoms with Crippen molar-refractivity contribution in [2.75, 3.05) is 27.3 Å². The lowest BCUT2D eigenvalue weighted by atomic mass is 10.1. The smallest absolute Gasteiger partial charge is 0.191 e. The number of ether oxygens (including phenoxy) is 2. The van der Waals surface area contributed by atoms with Crippen molar-refractivity contribution in [3.8, 4) is 5.75 Å². The molecule has 0 radical (unpaired) electrons. The lowest BCUT2D eigenvalue weighted by molar-refractivity contribution is 0.0268. The molecule has 0 spiro atoms. The Kier molecular flexibility index (Phi) is 7.29. The Labute approximate surface area is 139 Å². The summed E-state index contributed by atoms with van der Waals surface area (Å²) in [5.74, 6) is 1.63. The summed E-state index contributed by atoms with van der Waals surface area (Å²) in [5, 5.41) is 6.53. The average Bonchev–Trinajstić information content (AvgIpc) is 2.52. The Morgan fingerprint density at radius 3 is 2.52 bits per heavy atom. The van der Waals surface area contributed by atoms with Gasteiger partial charge in [0.15, 0.2) is 5.96 Å². The largest absolute Gasteiger partial charge is 0.496 e. The topological polar surface area (TPSA) is 67.8 Å². The van der Waals surface area contributed by atoms with Gasteiger partial charge in [-0.15, -0.1) is 0 Å². The number of aliphatic imine (C=N–C) groups is 1. The van der Waals surface area contributed by atoms with Crippen LogP contribution in [0.3, 0.4) is 0 Å². The van der Waals surface area contributed by atoms with Gasteiger partial charge in [-0.1, -0.05) is 0 Å². The Morgan fingerprint density at radius 1 is 1.26 bits per heavy atom. The maximum atomic E-state index is 5.44. The highest BCUT2D eigenvalue weighted by atomic mass is 16.5. The molecule has 0 aliphatic rings. The quantitative estimate of drug-likeness (QED) is 0.595. The molecule has 0 atom stereocenters. The van der Waals surface area contributed by atoms with E-state index in [9.17, 15) is 0 Å². The number of nitrogens with zero attached hydrogens (tertiary/aromatic N) is 2. The fourth-order valence-corrected chi connectivity index (χ4v) is 2.09. The molecule has 0 saturated heterocycles. The molecule has 1 aromatic heterocycles. The summed E-state index contributed by atoms with van der Waals surface area (Å²) in [5.41, 5.74) is 2.72. The van der Waals surface area contributed by atoms with E-state index in [4.69, 9.17) is 9.47 Å². The lowest BCUT2D eigenvalue weighted by Gasteiger charge is -2.24. The number of aryl methyl sites for hydroxylation is 1. The van der Waals surface area contributed by atoms with E-state index in [0.29, 0.717) is 13.1 Å². The van der Waals surface area contributed by atoms with E-state index in [-0.39, 0.29) is 5.60 Å². The molecule has 1 aromatic rings. The molecule has 6 nitrogen and oxygen atoms in total. The average molecular weight is 322 g/mol. The molecule has 0 aromatic carbocycles. The molecule has 1 rings (SSSR count). The van der Waals surface area contributed by atoms with Gasteiger partial charge in [0.25, 0.3) is 0 Å². The van der Waals surface area contributed by atoms with Gasteiger partial charge in [0, 0.05) is 37.5 Å². The van der Waals surface area contributed by atoms with Crippen LogP contribution in [0.5, 0.6) is 5.75 Å². The van der Waals surface area contributed by atoms with E-state index in [1.807, 2.05) is 40.8 Å². The first-order valence-electron chi connectivity index (χ1n) is 7.91. The van der Waals surface area contributed by atoms with E-state index in [0.717, 1.165) is 35.1 Å². The van der Waals surface area contributed by atoms with Crippen LogP contribution < -0.4 is 15.4 Å². The predicted molar refractivity (Wildman–Crippen MR) is 94.2 cm³/mol. The zero-order valence-corrected chi connectivity index (χ0v) is 15.4. The van der Waals surface area contributed by atoms with Gasteiger partial charge in [-0.2, -0.15) is 0 Å². The third-order valence-corrected chi connectivity index (χ3v) is 3.72. The Morgan fingerprint density at radius 2 is 1.96 bits per heavy atom. The normalized spacial score (nSPS) is 12.2. The molecule has 0 amide bonds. The predicted octanol–water partition coefficient (Wildman–Crippen LogP) is 2.19. The van der Waals surface area contributed by atoms with Crippen molar-refractivity contribution in [3.63, 3.8) is 0 Å². The monoisotopic (exact) mass is 322 g/mol. The minimum atomic E-state index is -0.253. The fraction of sp³-hybridized carbons (Fsp3) is 0.647. The summed E-state index contributed by atoms with van der Waals surface area (Å²) in [4.78, 5) is 9.08. The van der Waals surface area contributed by atoms with E-state index in [1.54, 1.807) is 14.2 Å². The number of guanidine groups is 1. The first-order valence-corrected chi connectivity index (χ1v) is 7.91. The van der Waals surface area contributed by atoms with Gasteiger partial charge < -0.3 is 20.1 Å². The molecular formula is C17H30N4O2. The number of pyridine rings is 1. The lowest BCUT2D eigenvalue weighted by Crippen LogP contribution is -2.45. The summed E-state index contributed by atoms with van der Waals surface area (Å²) in [6.45, 7) is 12.0. The van der Waals surface area contributed by atoms with Crippen LogP contribution in [0.15, 0.2) is 11.2 Å². The van der Waals surface area contributed by atoms with Gasteiger partial charge in [-0.05, 0) is 34.6 Å². The maximum absolute atomic E-state index is 5.44. The highest BCUT2D eigenvalue weighted by Crippen LogP contribution is 2.24. The molecule has 2 N–H and O–H groups in total. The number of nitrogens with one attached hydrogen (secondary N) is 2. The summed E-state index contributed by atoms with van der Waals surface area (Å²) in [6.07, 6.45) is 1.82. The van der Waals surface area contributed by atoms with Gasteiger partial charge in [0.1, 0.15) is 5.75 Å². The van der Waals surface area contributed by atoms with E-state index < -0.39 is 0 Å². The molecule has 0 aliphatic carbocycles. The van der Waals surface area contributed by atoms with E-state index >= 15 is 0 Å². The molecule has 23 heavy (non-hydrogen) atoms. The van der Waals surface area contributed by atoms with Crippen LogP contribution >= 0.6 is 0 Å². The van der Waals surface area contributed by atoms with Crippen molar-refractivity contribution in [1.29, 1.82) is 0 Å². The zero-order valence-electron chi connectivity index (χ0n) is 15.4. The van der Waals surface area contributed by atoms with Crippen molar-refractivity contribution < 1.29 is 9.47 Å². The SMILES string of the molecule is CCNC(=NCc1ncc(C)c(OC)c1C)NCC(C)(C)OC. The number of hydrogen-bond acceptors (Lipinski definition) is 4. The van der Waals surface area contributed by atoms with Crippen LogP contribution in [0.4, 0.5) is 0 Å². The summed E-state index contributed by atoms with van der Waals surface area (Å²) < 4.78 is 10.9. The Balaban J connectivity index is 2.85. The Bertz CT molecular complexity index is 542. The maximum Gasteiger partial charge on any atom is 0.191 e. The number of hydrogen-bond donors (Lipinski definition) is 2. The van der Waals surface area contributed by atoms with Gasteiger partial charge in [0.05, 0.1) is 24.9 Å². The van der Waals surface area contributed by atoms with Crippen LogP contribution in [-0.2, 0) is 11.3 Å². The molecular weight excluding hydrogens is 292 g/mol. The van der Waals surface area contributed by atoms with Crippen molar-refractivity contribution in [2.45, 2.75) is 46.8 Å². The molecule has 0 fully saturated rings. The Hall–Kier alpha value is -1.82. The summed E-state index contributed by atoms with van der Waals surface area (Å²) in [7, 11) is 3.39. The molecule has 0 saturated carbocycles. The number of aromatic nitrogens is 1. The second-order valence-electron chi connectivity index (χ2n) is 6.06. The van der Waals surface area contributed by atoms with Gasteiger partial charge >= 0.3 is 0 Å². The first-order chi connectivity index (χ1) is 10.8. The van der Waals surface area contributed by atoms with Gasteiger partial charge in [0.2, 0.25) is 0 Å². The van der Waals surface area contributed by atoms with Crippen molar-refractivity contribution in [3.05, 3.63) is 23.0 Å². The molecule has 130 valence electrons. The molecule has 1 heterocycles. The molecule has 0 unspecified atom stereocenters. The number of rotatable bonds is 7. The van der Waals surface area contributed by atoms with Gasteiger partial charge in [-0.25, -0.2) is 4.99 Å². The summed E-state index contributed by atoms with van der Waals surface area (Å²) in [6, 6.07) is 0. The summed E-state index contributed by atoms with van der Waals surface area (Å²) >= 11 is 0. The molecule has 0 aliphatic heterocycles. The van der Waals surface area contributed by atoms with Crippen LogP contribution in [0.2, 0.25) is 0 Å². The van der Waals surface area contributed by atoms with Crippen LogP contribution in [0, 0.1) is 13.8 Å². The first kappa shape index (κ1) is 19.2. The standard InChI is InChI=1S/C17H30N4O2/c1-8-18-16(21-11-17(4,5)23-7)20-10-14-13(3)15(22-6)12(2)9-19-14/h9H,8,10-11H2,1-7H3,(H2,18,20,21). The van der Waals surface area contributed by atoms with Crippen LogP contribution in [0.1, 0.15) is 37.6 Å². The molecule has 0 bridgehead atoms. The highest BCUT2D eigenvalue weighted by molar-refractivity contribution is 5.79. The minimum Gasteiger partial charge on any atom is -0.496 e. The minimum absolute atomic E-state index is 0.253. The van der Waals surface area contributed by atoms with Gasteiger partial charge in [-0.3, -0.25) is 4.98 Å². The van der Waals surface area contributed by atoms with Crippen molar-refractivity contribution in [1.82, 2.24) is 15.6 Å². The third kappa shape index (κ3) is 5.71. The third-order valence-electron chi connectivity index (χ3n) is 3.72. The van der Waals surface area contributed by atoms with Crippen molar-refractivity contribution in [2.24, 2.45) is 4.99 Å². The van der Waals surface area contributed by atoms with E-state index in [2.05, 4.69) is 20.6 Å². The molecule has 6 heteroatoms. The van der Waals surface area contributed by atoms with Crippen molar-refractivity contribution >= 4 is 5.96 Å². The number of methoxy groups -OCH3 is 2. The van der Waals surface area contributed by atoms with Crippen LogP contribution in [-0.4, -0.2) is 43.9 Å².